The minimum Gasteiger partial charge on any atom is -0.493 e. The van der Waals surface area contributed by atoms with Crippen LogP contribution in [-0.4, -0.2) is 133 Å². The quantitative estimate of drug-likeness (QED) is 0.0479. The molecular formula is C47H48N6O17. The van der Waals surface area contributed by atoms with Crippen LogP contribution >= 0.6 is 0 Å². The third-order valence-electron chi connectivity index (χ3n) is 12.9. The lowest BCUT2D eigenvalue weighted by Gasteiger charge is -2.39. The third-order valence-corrected chi connectivity index (χ3v) is 12.9. The van der Waals surface area contributed by atoms with Gasteiger partial charge in [0.2, 0.25) is 18.1 Å². The zero-order chi connectivity index (χ0) is 49.6. The average Bonchev–Trinajstić information content (AvgIpc) is 4.06. The monoisotopic (exact) mass is 968 g/mol. The molecule has 0 saturated carbocycles. The average molecular weight is 969 g/mol. The Balaban J connectivity index is 0.914. The molecule has 9 rings (SSSR count). The summed E-state index contributed by atoms with van der Waals surface area (Å²) < 4.78 is 29.5. The van der Waals surface area contributed by atoms with Gasteiger partial charge in [0, 0.05) is 73.6 Å². The van der Waals surface area contributed by atoms with Crippen molar-refractivity contribution in [1.29, 1.82) is 0 Å². The molecule has 5 aliphatic rings. The third kappa shape index (κ3) is 8.93. The van der Waals surface area contributed by atoms with Crippen LogP contribution in [0.5, 0.6) is 11.5 Å². The van der Waals surface area contributed by atoms with Gasteiger partial charge in [-0.25, -0.2) is 14.6 Å². The summed E-state index contributed by atoms with van der Waals surface area (Å²) in [5.74, 6) is -2.54. The van der Waals surface area contributed by atoms with E-state index in [9.17, 15) is 59.1 Å². The molecule has 2 aromatic heterocycles. The molecule has 4 aromatic rings. The number of anilines is 1. The molecule has 7 heterocycles. The Morgan fingerprint density at radius 2 is 1.71 bits per heavy atom. The number of nitrogens with zero attached hydrogens (tertiary/aromatic N) is 3. The highest BCUT2D eigenvalue weighted by molar-refractivity contribution is 6.13. The first-order valence-electron chi connectivity index (χ1n) is 22.5. The van der Waals surface area contributed by atoms with Gasteiger partial charge in [0.15, 0.2) is 5.60 Å². The molecule has 23 nitrogen and oxygen atoms in total. The molecule has 1 fully saturated rings. The van der Waals surface area contributed by atoms with Gasteiger partial charge in [-0.2, -0.15) is 0 Å². The highest BCUT2D eigenvalue weighted by Gasteiger charge is 2.47. The van der Waals surface area contributed by atoms with E-state index >= 15 is 0 Å². The van der Waals surface area contributed by atoms with E-state index in [1.54, 1.807) is 19.1 Å². The molecule has 0 radical (unpaired) electrons. The van der Waals surface area contributed by atoms with Gasteiger partial charge in [-0.1, -0.05) is 13.0 Å². The Hall–Kier alpha value is -7.28. The summed E-state index contributed by atoms with van der Waals surface area (Å²) in [5, 5.41) is 61.0. The molecule has 6 atom stereocenters. The van der Waals surface area contributed by atoms with E-state index in [0.29, 0.717) is 57.8 Å². The molecule has 0 bridgehead atoms. The Morgan fingerprint density at radius 3 is 2.47 bits per heavy atom. The van der Waals surface area contributed by atoms with E-state index in [1.165, 1.54) is 22.8 Å². The smallest absolute Gasteiger partial charge is 0.407 e. The van der Waals surface area contributed by atoms with Crippen molar-refractivity contribution in [1.82, 2.24) is 25.1 Å². The highest BCUT2D eigenvalue weighted by atomic mass is 16.7. The number of hydrogen-bond donors (Lipinski definition) is 8. The van der Waals surface area contributed by atoms with Crippen molar-refractivity contribution in [2.45, 2.75) is 95.2 Å². The zero-order valence-corrected chi connectivity index (χ0v) is 37.5. The van der Waals surface area contributed by atoms with Gasteiger partial charge in [0.25, 0.3) is 17.4 Å². The SMILES string of the molecule is CC[C@@]1(O)C(=O)OCc2c1cc1n(c2=O)Cc2c-1nc1cc3c(cc1c2CNC(=O)OCc1ccc(O[C@@H]2O[C@H](CO)[C@H](O)[C@H](O)[C@H]2O)c(NC(=O)CCNC(=O)CCN2C(=O)C=CC2=O)c1)CCO3. The second-order valence-corrected chi connectivity index (χ2v) is 17.2. The van der Waals surface area contributed by atoms with Gasteiger partial charge in [-0.05, 0) is 47.4 Å². The molecule has 0 aliphatic carbocycles. The van der Waals surface area contributed by atoms with Crippen LogP contribution in [0.4, 0.5) is 10.5 Å². The number of aromatic nitrogens is 2. The molecular weight excluding hydrogens is 921 g/mol. The molecule has 1 saturated heterocycles. The van der Waals surface area contributed by atoms with Crippen molar-refractivity contribution < 1.29 is 78.0 Å². The Labute approximate surface area is 396 Å². The van der Waals surface area contributed by atoms with Crippen molar-refractivity contribution >= 4 is 52.3 Å². The predicted octanol–water partition coefficient (Wildman–Crippen LogP) is -0.620. The fourth-order valence-corrected chi connectivity index (χ4v) is 9.04. The molecule has 2 aromatic carbocycles. The minimum atomic E-state index is -2.03. The first-order chi connectivity index (χ1) is 33.6. The maximum atomic E-state index is 14.0. The van der Waals surface area contributed by atoms with Crippen molar-refractivity contribution in [3.63, 3.8) is 0 Å². The number of fused-ring (bicyclic) bond motifs is 6. The van der Waals surface area contributed by atoms with Gasteiger partial charge in [0.05, 0.1) is 47.9 Å². The Bertz CT molecular complexity index is 2920. The van der Waals surface area contributed by atoms with Gasteiger partial charge in [-0.15, -0.1) is 0 Å². The van der Waals surface area contributed by atoms with Crippen LogP contribution in [0.15, 0.2) is 53.3 Å². The van der Waals surface area contributed by atoms with Crippen LogP contribution in [0.3, 0.4) is 0 Å². The van der Waals surface area contributed by atoms with Gasteiger partial charge >= 0.3 is 12.1 Å². The zero-order valence-electron chi connectivity index (χ0n) is 37.5. The number of imide groups is 1. The molecule has 23 heteroatoms. The maximum Gasteiger partial charge on any atom is 0.407 e. The number of carbonyl (C=O) groups is 6. The number of esters is 1. The second kappa shape index (κ2) is 19.3. The Morgan fingerprint density at radius 1 is 0.929 bits per heavy atom. The maximum absolute atomic E-state index is 14.0. The molecule has 368 valence electrons. The summed E-state index contributed by atoms with van der Waals surface area (Å²) in [7, 11) is 0. The lowest BCUT2D eigenvalue weighted by atomic mass is 9.86. The summed E-state index contributed by atoms with van der Waals surface area (Å²) in [5.41, 5.74) is 1.64. The number of hydrogen-bond acceptors (Lipinski definition) is 18. The Kier molecular flexibility index (Phi) is 13.1. The van der Waals surface area contributed by atoms with Crippen LogP contribution in [0.2, 0.25) is 0 Å². The van der Waals surface area contributed by atoms with Crippen molar-refractivity contribution in [3.8, 4) is 22.9 Å². The number of alkyl carbamates (subject to hydrolysis) is 1. The van der Waals surface area contributed by atoms with E-state index in [0.717, 1.165) is 22.6 Å². The molecule has 0 spiro atoms. The standard InChI is InChI=1S/C47H48N6O17/c1-2-47(65)28-15-31-39-26(18-53(31)43(62)27(28)21-67-45(47)63)25(24-14-23-9-12-66-33(23)16-29(24)51-39)17-49-46(64)68-20-22-3-4-32(69-44-42(61)41(60)40(59)34(19-54)70-44)30(13-22)50-36(56)7-10-48-35(55)8-11-52-37(57)5-6-38(52)58/h3-6,13-16,34,40-42,44,54,59-61,65H,2,7-12,17-21H2,1H3,(H,48,55)(H,49,64)(H,50,56)/t34-,40+,41+,42-,44-,47+/m1/s1. The van der Waals surface area contributed by atoms with E-state index in [-0.39, 0.29) is 81.2 Å². The second-order valence-electron chi connectivity index (χ2n) is 17.2. The van der Waals surface area contributed by atoms with E-state index in [4.69, 9.17) is 28.7 Å². The number of rotatable bonds is 15. The van der Waals surface area contributed by atoms with E-state index in [1.807, 2.05) is 6.07 Å². The van der Waals surface area contributed by atoms with Gasteiger partial charge in [-0.3, -0.25) is 28.9 Å². The lowest BCUT2D eigenvalue weighted by molar-refractivity contribution is -0.277. The minimum absolute atomic E-state index is 0.0199. The number of carbonyl (C=O) groups excluding carboxylic acids is 6. The molecule has 8 N–H and O–H groups in total. The number of benzene rings is 2. The summed E-state index contributed by atoms with van der Waals surface area (Å²) in [6.45, 7) is 0.384. The number of nitrogens with one attached hydrogen (secondary N) is 3. The largest absolute Gasteiger partial charge is 0.493 e. The highest BCUT2D eigenvalue weighted by Crippen LogP contribution is 2.42. The first kappa shape index (κ1) is 47.8. The van der Waals surface area contributed by atoms with Crippen molar-refractivity contribution in [2.24, 2.45) is 0 Å². The number of cyclic esters (lactones) is 1. The molecule has 70 heavy (non-hydrogen) atoms. The molecule has 5 amide bonds. The number of amides is 5. The van der Waals surface area contributed by atoms with Crippen molar-refractivity contribution in [3.05, 3.63) is 92.3 Å². The van der Waals surface area contributed by atoms with Crippen LogP contribution in [-0.2, 0) is 76.5 Å². The van der Waals surface area contributed by atoms with Gasteiger partial charge in [0.1, 0.15) is 49.1 Å². The van der Waals surface area contributed by atoms with Crippen molar-refractivity contribution in [2.75, 3.05) is 31.6 Å². The molecule has 5 aliphatic heterocycles. The van der Waals surface area contributed by atoms with Crippen LogP contribution < -0.4 is 31.0 Å². The number of aliphatic hydroxyl groups excluding tert-OH is 4. The lowest BCUT2D eigenvalue weighted by Crippen LogP contribution is -2.60. The van der Waals surface area contributed by atoms with Crippen LogP contribution in [0.1, 0.15) is 59.6 Å². The predicted molar refractivity (Wildman–Crippen MR) is 238 cm³/mol. The number of aliphatic hydroxyl groups is 5. The number of ether oxygens (including phenoxy) is 5. The summed E-state index contributed by atoms with van der Waals surface area (Å²) in [6.07, 6.45) is -6.67. The summed E-state index contributed by atoms with van der Waals surface area (Å²) >= 11 is 0. The van der Waals surface area contributed by atoms with Crippen LogP contribution in [0.25, 0.3) is 22.3 Å². The van der Waals surface area contributed by atoms with Gasteiger partial charge < -0.3 is 69.7 Å². The fraction of sp³-hybridized carbons (Fsp3) is 0.404. The first-order valence-corrected chi connectivity index (χ1v) is 22.5. The normalized spacial score (nSPS) is 23.0. The summed E-state index contributed by atoms with van der Waals surface area (Å²) in [6, 6.07) is 9.57. The van der Waals surface area contributed by atoms with Crippen LogP contribution in [0, 0.1) is 0 Å². The fourth-order valence-electron chi connectivity index (χ4n) is 9.04. The van der Waals surface area contributed by atoms with E-state index < -0.39 is 84.2 Å². The summed E-state index contributed by atoms with van der Waals surface area (Å²) in [4.78, 5) is 95.3. The molecule has 0 unspecified atom stereocenters. The number of pyridine rings is 2. The topological polar surface area (TPSA) is 324 Å². The van der Waals surface area contributed by atoms with E-state index in [2.05, 4.69) is 16.0 Å².